The van der Waals surface area contributed by atoms with Gasteiger partial charge in [0.2, 0.25) is 0 Å². The highest BCUT2D eigenvalue weighted by molar-refractivity contribution is 7.16. The van der Waals surface area contributed by atoms with Gasteiger partial charge in [-0.25, -0.2) is 4.98 Å². The molecule has 1 heterocycles. The molecule has 2 rings (SSSR count). The van der Waals surface area contributed by atoms with E-state index in [4.69, 9.17) is 5.73 Å². The number of hydrogen-bond acceptors (Lipinski definition) is 3. The molecule has 1 aromatic heterocycles. The number of rotatable bonds is 2. The van der Waals surface area contributed by atoms with Crippen LogP contribution in [0.3, 0.4) is 0 Å². The molecule has 0 spiro atoms. The zero-order chi connectivity index (χ0) is 9.97. The molecule has 2 aromatic rings. The van der Waals surface area contributed by atoms with Crippen molar-refractivity contribution in [2.24, 2.45) is 5.73 Å². The van der Waals surface area contributed by atoms with Gasteiger partial charge in [0.25, 0.3) is 5.91 Å². The van der Waals surface area contributed by atoms with E-state index >= 15 is 0 Å². The summed E-state index contributed by atoms with van der Waals surface area (Å²) in [6.07, 6.45) is 1.51. The van der Waals surface area contributed by atoms with Crippen LogP contribution in [0.4, 0.5) is 0 Å². The molecular weight excluding hydrogens is 232 g/mol. The van der Waals surface area contributed by atoms with E-state index in [2.05, 4.69) is 4.98 Å². The van der Waals surface area contributed by atoms with E-state index in [0.717, 1.165) is 10.6 Å². The number of primary amides is 1. The molecule has 5 heteroatoms. The molecule has 0 unspecified atom stereocenters. The van der Waals surface area contributed by atoms with Gasteiger partial charge in [0, 0.05) is 5.56 Å². The van der Waals surface area contributed by atoms with Crippen molar-refractivity contribution in [3.8, 4) is 10.6 Å². The van der Waals surface area contributed by atoms with E-state index < -0.39 is 5.91 Å². The Morgan fingerprint density at radius 2 is 1.93 bits per heavy atom. The fourth-order valence-electron chi connectivity index (χ4n) is 1.10. The number of hydrogen-bond donors (Lipinski definition) is 1. The van der Waals surface area contributed by atoms with Gasteiger partial charge < -0.3 is 5.73 Å². The number of carbonyl (C=O) groups excluding carboxylic acids is 1. The third kappa shape index (κ3) is 2.55. The summed E-state index contributed by atoms with van der Waals surface area (Å²) >= 11 is 1.31. The van der Waals surface area contributed by atoms with Crippen molar-refractivity contribution in [2.75, 3.05) is 0 Å². The normalized spacial score (nSPS) is 9.33. The standard InChI is InChI=1S/C10H8N2OS.ClH/c11-9(13)8-6-12-10(14-8)7-4-2-1-3-5-7;/h1-6H,(H2,11,13);1H. The second-order valence-corrected chi connectivity index (χ2v) is 3.79. The summed E-state index contributed by atoms with van der Waals surface area (Å²) in [5, 5.41) is 0.819. The van der Waals surface area contributed by atoms with Crippen LogP contribution in [0.5, 0.6) is 0 Å². The van der Waals surface area contributed by atoms with E-state index in [1.165, 1.54) is 17.5 Å². The smallest absolute Gasteiger partial charge is 0.260 e. The predicted molar refractivity (Wildman–Crippen MR) is 63.3 cm³/mol. The van der Waals surface area contributed by atoms with Crippen LogP contribution in [0.25, 0.3) is 10.6 Å². The molecule has 78 valence electrons. The largest absolute Gasteiger partial charge is 0.365 e. The highest BCUT2D eigenvalue weighted by Gasteiger charge is 2.07. The number of nitrogens with zero attached hydrogens (tertiary/aromatic N) is 1. The lowest BCUT2D eigenvalue weighted by atomic mass is 10.2. The zero-order valence-corrected chi connectivity index (χ0v) is 9.35. The minimum atomic E-state index is -0.426. The van der Waals surface area contributed by atoms with Gasteiger partial charge >= 0.3 is 0 Å². The highest BCUT2D eigenvalue weighted by Crippen LogP contribution is 2.24. The molecule has 0 saturated carbocycles. The number of amides is 1. The molecule has 0 aliphatic carbocycles. The first kappa shape index (κ1) is 11.7. The average Bonchev–Trinajstić information content (AvgIpc) is 2.68. The second kappa shape index (κ2) is 4.91. The van der Waals surface area contributed by atoms with Crippen molar-refractivity contribution in [1.82, 2.24) is 4.98 Å². The first-order chi connectivity index (χ1) is 6.77. The number of nitrogens with two attached hydrogens (primary N) is 1. The molecule has 15 heavy (non-hydrogen) atoms. The van der Waals surface area contributed by atoms with Crippen molar-refractivity contribution in [3.05, 3.63) is 41.4 Å². The first-order valence-electron chi connectivity index (χ1n) is 4.08. The van der Waals surface area contributed by atoms with Crippen LogP contribution in [0.15, 0.2) is 36.5 Å². The lowest BCUT2D eigenvalue weighted by Crippen LogP contribution is -2.08. The fourth-order valence-corrected chi connectivity index (χ4v) is 1.88. The van der Waals surface area contributed by atoms with Crippen molar-refractivity contribution in [2.45, 2.75) is 0 Å². The Hall–Kier alpha value is -1.39. The van der Waals surface area contributed by atoms with Crippen LogP contribution in [0.1, 0.15) is 9.67 Å². The number of aromatic nitrogens is 1. The predicted octanol–water partition coefficient (Wildman–Crippen LogP) is 2.33. The molecule has 1 aromatic carbocycles. The Balaban J connectivity index is 0.00000112. The average molecular weight is 241 g/mol. The summed E-state index contributed by atoms with van der Waals surface area (Å²) in [6.45, 7) is 0. The van der Waals surface area contributed by atoms with Crippen molar-refractivity contribution < 1.29 is 4.79 Å². The summed E-state index contributed by atoms with van der Waals surface area (Å²) in [6, 6.07) is 9.70. The van der Waals surface area contributed by atoms with E-state index in [-0.39, 0.29) is 12.4 Å². The molecule has 0 atom stereocenters. The maximum Gasteiger partial charge on any atom is 0.260 e. The Morgan fingerprint density at radius 1 is 1.27 bits per heavy atom. The third-order valence-electron chi connectivity index (χ3n) is 1.77. The number of thiazole rings is 1. The number of halogens is 1. The molecule has 2 N–H and O–H groups in total. The van der Waals surface area contributed by atoms with Crippen LogP contribution in [-0.4, -0.2) is 10.9 Å². The monoisotopic (exact) mass is 240 g/mol. The lowest BCUT2D eigenvalue weighted by Gasteiger charge is -1.92. The third-order valence-corrected chi connectivity index (χ3v) is 2.83. The van der Waals surface area contributed by atoms with Crippen LogP contribution < -0.4 is 5.73 Å². The van der Waals surface area contributed by atoms with Gasteiger partial charge in [0.1, 0.15) is 9.88 Å². The Kier molecular flexibility index (Phi) is 3.82. The van der Waals surface area contributed by atoms with Crippen LogP contribution >= 0.6 is 23.7 Å². The second-order valence-electron chi connectivity index (χ2n) is 2.76. The Bertz CT molecular complexity index is 455. The summed E-state index contributed by atoms with van der Waals surface area (Å²) < 4.78 is 0. The molecule has 1 amide bonds. The molecule has 3 nitrogen and oxygen atoms in total. The van der Waals surface area contributed by atoms with E-state index in [1.54, 1.807) is 0 Å². The molecule has 0 aliphatic rings. The maximum absolute atomic E-state index is 10.8. The summed E-state index contributed by atoms with van der Waals surface area (Å²) in [7, 11) is 0. The summed E-state index contributed by atoms with van der Waals surface area (Å²) in [5.41, 5.74) is 6.14. The minimum absolute atomic E-state index is 0. The van der Waals surface area contributed by atoms with Gasteiger partial charge in [-0.1, -0.05) is 30.3 Å². The molecular formula is C10H9ClN2OS. The van der Waals surface area contributed by atoms with Crippen LogP contribution in [0, 0.1) is 0 Å². The Labute approximate surface area is 97.4 Å². The van der Waals surface area contributed by atoms with Crippen LogP contribution in [-0.2, 0) is 0 Å². The molecule has 0 aliphatic heterocycles. The van der Waals surface area contributed by atoms with E-state index in [1.807, 2.05) is 30.3 Å². The summed E-state index contributed by atoms with van der Waals surface area (Å²) in [5.74, 6) is -0.426. The quantitative estimate of drug-likeness (QED) is 0.876. The van der Waals surface area contributed by atoms with E-state index in [0.29, 0.717) is 4.88 Å². The minimum Gasteiger partial charge on any atom is -0.365 e. The maximum atomic E-state index is 10.8. The van der Waals surface area contributed by atoms with E-state index in [9.17, 15) is 4.79 Å². The number of benzene rings is 1. The fraction of sp³-hybridized carbons (Fsp3) is 0. The zero-order valence-electron chi connectivity index (χ0n) is 7.71. The van der Waals surface area contributed by atoms with Crippen molar-refractivity contribution in [1.29, 1.82) is 0 Å². The summed E-state index contributed by atoms with van der Waals surface area (Å²) in [4.78, 5) is 15.5. The molecule has 0 bridgehead atoms. The molecule has 0 fully saturated rings. The van der Waals surface area contributed by atoms with Crippen LogP contribution in [0.2, 0.25) is 0 Å². The molecule has 0 saturated heterocycles. The molecule has 0 radical (unpaired) electrons. The van der Waals surface area contributed by atoms with Gasteiger partial charge in [-0.3, -0.25) is 4.79 Å². The van der Waals surface area contributed by atoms with Gasteiger partial charge in [0.05, 0.1) is 6.20 Å². The van der Waals surface area contributed by atoms with Crippen molar-refractivity contribution >= 4 is 29.7 Å². The van der Waals surface area contributed by atoms with Gasteiger partial charge in [-0.2, -0.15) is 0 Å². The highest BCUT2D eigenvalue weighted by atomic mass is 35.5. The van der Waals surface area contributed by atoms with Gasteiger partial charge in [-0.05, 0) is 0 Å². The van der Waals surface area contributed by atoms with Gasteiger partial charge in [-0.15, -0.1) is 23.7 Å². The first-order valence-corrected chi connectivity index (χ1v) is 4.90. The SMILES string of the molecule is Cl.NC(=O)c1cnc(-c2ccccc2)s1. The lowest BCUT2D eigenvalue weighted by molar-refractivity contribution is 0.100. The van der Waals surface area contributed by atoms with Gasteiger partial charge in [0.15, 0.2) is 0 Å². The Morgan fingerprint density at radius 3 is 2.47 bits per heavy atom. The van der Waals surface area contributed by atoms with Crippen molar-refractivity contribution in [3.63, 3.8) is 0 Å². The number of carbonyl (C=O) groups is 1. The topological polar surface area (TPSA) is 56.0 Å².